The highest BCUT2D eigenvalue weighted by molar-refractivity contribution is 5.92. The van der Waals surface area contributed by atoms with E-state index in [-0.39, 0.29) is 18.3 Å². The number of methoxy groups -OCH3 is 1. The molecule has 0 aromatic heterocycles. The average Bonchev–Trinajstić information content (AvgIpc) is 3.33. The van der Waals surface area contributed by atoms with Gasteiger partial charge in [0.2, 0.25) is 5.91 Å². The molecule has 2 amide bonds. The third kappa shape index (κ3) is 8.27. The van der Waals surface area contributed by atoms with Crippen LogP contribution in [0.2, 0.25) is 0 Å². The van der Waals surface area contributed by atoms with Gasteiger partial charge in [0.15, 0.2) is 5.78 Å². The number of amides is 2. The SMILES string of the molecule is COCCCCNCCCC(NC(=O)OCC1c2ccccc2-c2ccccc21)C(=O)NC(C(C)=O)c1ccccc1. The number of unbranched alkanes of at least 4 members (excludes halogenated alkanes) is 1. The number of alkyl carbamates (subject to hydrolysis) is 1. The zero-order valence-electron chi connectivity index (χ0n) is 24.4. The fourth-order valence-corrected chi connectivity index (χ4v) is 5.41. The van der Waals surface area contributed by atoms with E-state index in [1.165, 1.54) is 6.92 Å². The molecule has 3 N–H and O–H groups in total. The van der Waals surface area contributed by atoms with Crippen LogP contribution >= 0.6 is 0 Å². The number of Topliss-reactive ketones (excluding diaryl/α,β-unsaturated/α-hetero) is 1. The summed E-state index contributed by atoms with van der Waals surface area (Å²) in [5, 5.41) is 8.99. The summed E-state index contributed by atoms with van der Waals surface area (Å²) in [5.41, 5.74) is 5.21. The third-order valence-electron chi connectivity index (χ3n) is 7.58. The molecule has 1 aliphatic carbocycles. The lowest BCUT2D eigenvalue weighted by atomic mass is 9.98. The summed E-state index contributed by atoms with van der Waals surface area (Å²) in [6.07, 6.45) is 2.35. The Bertz CT molecular complexity index is 1280. The summed E-state index contributed by atoms with van der Waals surface area (Å²) in [7, 11) is 1.69. The van der Waals surface area contributed by atoms with Crippen LogP contribution in [-0.4, -0.2) is 57.2 Å². The molecule has 8 nitrogen and oxygen atoms in total. The first-order chi connectivity index (χ1) is 20.5. The van der Waals surface area contributed by atoms with Gasteiger partial charge in [-0.05, 0) is 73.5 Å². The fourth-order valence-electron chi connectivity index (χ4n) is 5.41. The van der Waals surface area contributed by atoms with Crippen molar-refractivity contribution < 1.29 is 23.9 Å². The Morgan fingerprint density at radius 2 is 1.40 bits per heavy atom. The highest BCUT2D eigenvalue weighted by Gasteiger charge is 2.30. The second-order valence-corrected chi connectivity index (χ2v) is 10.6. The summed E-state index contributed by atoms with van der Waals surface area (Å²) < 4.78 is 10.8. The number of carbonyl (C=O) groups is 3. The predicted molar refractivity (Wildman–Crippen MR) is 163 cm³/mol. The Labute approximate surface area is 248 Å². The second kappa shape index (κ2) is 15.8. The van der Waals surface area contributed by atoms with Crippen LogP contribution in [0.3, 0.4) is 0 Å². The maximum Gasteiger partial charge on any atom is 0.407 e. The molecule has 0 heterocycles. The smallest absolute Gasteiger partial charge is 0.407 e. The van der Waals surface area contributed by atoms with Gasteiger partial charge in [0.05, 0.1) is 0 Å². The summed E-state index contributed by atoms with van der Waals surface area (Å²) >= 11 is 0. The highest BCUT2D eigenvalue weighted by atomic mass is 16.5. The van der Waals surface area contributed by atoms with E-state index in [1.54, 1.807) is 19.2 Å². The minimum Gasteiger partial charge on any atom is -0.449 e. The molecular formula is C34H41N3O5. The van der Waals surface area contributed by atoms with E-state index in [0.29, 0.717) is 24.9 Å². The van der Waals surface area contributed by atoms with E-state index < -0.39 is 24.1 Å². The van der Waals surface area contributed by atoms with E-state index in [4.69, 9.17) is 9.47 Å². The number of fused-ring (bicyclic) bond motifs is 3. The Kier molecular flexibility index (Phi) is 11.7. The summed E-state index contributed by atoms with van der Waals surface area (Å²) in [6, 6.07) is 23.7. The van der Waals surface area contributed by atoms with Crippen molar-refractivity contribution in [1.29, 1.82) is 0 Å². The quantitative estimate of drug-likeness (QED) is 0.206. The van der Waals surface area contributed by atoms with Gasteiger partial charge in [-0.3, -0.25) is 9.59 Å². The summed E-state index contributed by atoms with van der Waals surface area (Å²) in [5.74, 6) is -0.697. The fraction of sp³-hybridized carbons (Fsp3) is 0.382. The van der Waals surface area contributed by atoms with Crippen LogP contribution in [0.25, 0.3) is 11.1 Å². The topological polar surface area (TPSA) is 106 Å². The standard InChI is InChI=1S/C34H41N3O5/c1-24(38)32(25-13-4-3-5-14-25)37-33(39)31(19-12-21-35-20-10-11-22-41-2)36-34(40)42-23-30-28-17-8-6-15-26(28)27-16-7-9-18-29(27)30/h3-9,13-18,30-32,35H,10-12,19-23H2,1-2H3,(H,36,40)(H,37,39). The van der Waals surface area contributed by atoms with Gasteiger partial charge in [0, 0.05) is 19.6 Å². The van der Waals surface area contributed by atoms with Gasteiger partial charge in [-0.15, -0.1) is 0 Å². The normalized spacial score (nSPS) is 13.5. The Hall–Kier alpha value is -4.01. The number of benzene rings is 3. The van der Waals surface area contributed by atoms with Crippen molar-refractivity contribution in [3.63, 3.8) is 0 Å². The van der Waals surface area contributed by atoms with Gasteiger partial charge in [-0.2, -0.15) is 0 Å². The van der Waals surface area contributed by atoms with Gasteiger partial charge >= 0.3 is 6.09 Å². The molecule has 3 aromatic carbocycles. The van der Waals surface area contributed by atoms with Gasteiger partial charge < -0.3 is 25.4 Å². The van der Waals surface area contributed by atoms with E-state index in [0.717, 1.165) is 48.2 Å². The van der Waals surface area contributed by atoms with E-state index in [2.05, 4.69) is 40.2 Å². The molecule has 1 aliphatic rings. The predicted octanol–water partition coefficient (Wildman–Crippen LogP) is 5.14. The lowest BCUT2D eigenvalue weighted by molar-refractivity contribution is -0.128. The van der Waals surface area contributed by atoms with Crippen molar-refractivity contribution in [2.75, 3.05) is 33.4 Å². The number of rotatable bonds is 16. The Morgan fingerprint density at radius 1 is 0.786 bits per heavy atom. The van der Waals surface area contributed by atoms with Crippen LogP contribution in [0.1, 0.15) is 61.3 Å². The Balaban J connectivity index is 1.38. The summed E-state index contributed by atoms with van der Waals surface area (Å²) in [6.45, 7) is 3.86. The van der Waals surface area contributed by atoms with E-state index in [1.807, 2.05) is 42.5 Å². The van der Waals surface area contributed by atoms with Crippen LogP contribution in [0, 0.1) is 0 Å². The van der Waals surface area contributed by atoms with Crippen LogP contribution in [0.5, 0.6) is 0 Å². The van der Waals surface area contributed by atoms with Gasteiger partial charge in [-0.25, -0.2) is 4.79 Å². The molecule has 2 atom stereocenters. The van der Waals surface area contributed by atoms with Crippen molar-refractivity contribution in [2.24, 2.45) is 0 Å². The maximum atomic E-state index is 13.4. The third-order valence-corrected chi connectivity index (χ3v) is 7.58. The van der Waals surface area contributed by atoms with Crippen molar-refractivity contribution in [1.82, 2.24) is 16.0 Å². The molecule has 0 aliphatic heterocycles. The number of hydrogen-bond acceptors (Lipinski definition) is 6. The molecule has 4 rings (SSSR count). The second-order valence-electron chi connectivity index (χ2n) is 10.6. The van der Waals surface area contributed by atoms with Crippen molar-refractivity contribution in [3.8, 4) is 11.1 Å². The minimum atomic E-state index is -0.860. The molecule has 0 saturated carbocycles. The van der Waals surface area contributed by atoms with Crippen LogP contribution in [-0.2, 0) is 19.1 Å². The van der Waals surface area contributed by atoms with Crippen LogP contribution in [0.4, 0.5) is 4.79 Å². The lowest BCUT2D eigenvalue weighted by Gasteiger charge is -2.23. The van der Waals surface area contributed by atoms with Gasteiger partial charge in [-0.1, -0.05) is 78.9 Å². The van der Waals surface area contributed by atoms with Gasteiger partial charge in [0.1, 0.15) is 18.7 Å². The first-order valence-electron chi connectivity index (χ1n) is 14.7. The number of nitrogens with one attached hydrogen (secondary N) is 3. The van der Waals surface area contributed by atoms with Crippen LogP contribution < -0.4 is 16.0 Å². The molecule has 0 bridgehead atoms. The molecule has 0 fully saturated rings. The number of ketones is 1. The van der Waals surface area contributed by atoms with Crippen molar-refractivity contribution >= 4 is 17.8 Å². The molecular weight excluding hydrogens is 530 g/mol. The summed E-state index contributed by atoms with van der Waals surface area (Å²) in [4.78, 5) is 38.9. The first-order valence-corrected chi connectivity index (χ1v) is 14.7. The molecule has 0 saturated heterocycles. The zero-order chi connectivity index (χ0) is 29.7. The molecule has 42 heavy (non-hydrogen) atoms. The number of ether oxygens (including phenoxy) is 2. The largest absolute Gasteiger partial charge is 0.449 e. The lowest BCUT2D eigenvalue weighted by Crippen LogP contribution is -2.49. The molecule has 222 valence electrons. The number of hydrogen-bond donors (Lipinski definition) is 3. The highest BCUT2D eigenvalue weighted by Crippen LogP contribution is 2.44. The minimum absolute atomic E-state index is 0.0853. The molecule has 8 heteroatoms. The Morgan fingerprint density at radius 3 is 2.05 bits per heavy atom. The zero-order valence-corrected chi connectivity index (χ0v) is 24.4. The van der Waals surface area contributed by atoms with Crippen molar-refractivity contribution in [2.45, 2.75) is 50.6 Å². The van der Waals surface area contributed by atoms with E-state index >= 15 is 0 Å². The number of carbonyl (C=O) groups excluding carboxylic acids is 3. The molecule has 3 aromatic rings. The molecule has 2 unspecified atom stereocenters. The molecule has 0 radical (unpaired) electrons. The van der Waals surface area contributed by atoms with Crippen molar-refractivity contribution in [3.05, 3.63) is 95.6 Å². The van der Waals surface area contributed by atoms with Gasteiger partial charge in [0.25, 0.3) is 0 Å². The maximum absolute atomic E-state index is 13.4. The van der Waals surface area contributed by atoms with Crippen LogP contribution in [0.15, 0.2) is 78.9 Å². The monoisotopic (exact) mass is 571 g/mol. The average molecular weight is 572 g/mol. The molecule has 0 spiro atoms. The first kappa shape index (κ1) is 30.9. The van der Waals surface area contributed by atoms with E-state index in [9.17, 15) is 14.4 Å².